The summed E-state index contributed by atoms with van der Waals surface area (Å²) in [4.78, 5) is 0. The molecule has 0 aliphatic carbocycles. The molecule has 1 aromatic heterocycles. The minimum Gasteiger partial charge on any atom is -0.508 e. The van der Waals surface area contributed by atoms with Crippen LogP contribution in [0.15, 0.2) is 42.7 Å². The fourth-order valence-electron chi connectivity index (χ4n) is 1.44. The summed E-state index contributed by atoms with van der Waals surface area (Å²) in [7, 11) is 0. The van der Waals surface area contributed by atoms with Gasteiger partial charge in [0.25, 0.3) is 0 Å². The largest absolute Gasteiger partial charge is 0.508 e. The lowest BCUT2D eigenvalue weighted by atomic mass is 10.1. The minimum absolute atomic E-state index is 0.106. The van der Waals surface area contributed by atoms with E-state index in [9.17, 15) is 0 Å². The summed E-state index contributed by atoms with van der Waals surface area (Å²) in [6.45, 7) is 0.637. The molecule has 0 saturated heterocycles. The molecule has 78 valence electrons. The second-order valence-electron chi connectivity index (χ2n) is 3.43. The number of nitrogens with two attached hydrogens (primary N) is 1. The van der Waals surface area contributed by atoms with Gasteiger partial charge in [-0.05, 0) is 23.8 Å². The summed E-state index contributed by atoms with van der Waals surface area (Å²) in [6, 6.07) is 8.68. The van der Waals surface area contributed by atoms with E-state index in [-0.39, 0.29) is 11.8 Å². The topological polar surface area (TPSA) is 64.1 Å². The van der Waals surface area contributed by atoms with E-state index in [0.29, 0.717) is 6.54 Å². The second kappa shape index (κ2) is 4.14. The van der Waals surface area contributed by atoms with Crippen molar-refractivity contribution in [2.45, 2.75) is 12.6 Å². The maximum atomic E-state index is 9.14. The van der Waals surface area contributed by atoms with E-state index < -0.39 is 0 Å². The van der Waals surface area contributed by atoms with Gasteiger partial charge in [-0.2, -0.15) is 5.10 Å². The van der Waals surface area contributed by atoms with Gasteiger partial charge in [0.2, 0.25) is 0 Å². The zero-order chi connectivity index (χ0) is 10.7. The molecule has 0 aliphatic heterocycles. The average Bonchev–Trinajstić information content (AvgIpc) is 2.71. The maximum Gasteiger partial charge on any atom is 0.115 e. The molecule has 2 rings (SSSR count). The van der Waals surface area contributed by atoms with Gasteiger partial charge in [-0.3, -0.25) is 4.68 Å². The smallest absolute Gasteiger partial charge is 0.115 e. The van der Waals surface area contributed by atoms with Crippen LogP contribution in [-0.2, 0) is 6.54 Å². The van der Waals surface area contributed by atoms with E-state index in [1.165, 1.54) is 0 Å². The molecule has 15 heavy (non-hydrogen) atoms. The molecule has 0 amide bonds. The maximum absolute atomic E-state index is 9.14. The first-order valence-corrected chi connectivity index (χ1v) is 4.77. The molecule has 0 spiro atoms. The molecule has 1 unspecified atom stereocenters. The summed E-state index contributed by atoms with van der Waals surface area (Å²) >= 11 is 0. The van der Waals surface area contributed by atoms with Crippen molar-refractivity contribution in [3.8, 4) is 5.75 Å². The van der Waals surface area contributed by atoms with E-state index in [1.807, 2.05) is 24.4 Å². The van der Waals surface area contributed by atoms with Crippen LogP contribution in [0.25, 0.3) is 0 Å². The first-order chi connectivity index (χ1) is 7.25. The van der Waals surface area contributed by atoms with E-state index >= 15 is 0 Å². The van der Waals surface area contributed by atoms with Gasteiger partial charge in [0.1, 0.15) is 5.75 Å². The quantitative estimate of drug-likeness (QED) is 0.790. The molecule has 4 nitrogen and oxygen atoms in total. The molecule has 0 aliphatic rings. The predicted molar refractivity (Wildman–Crippen MR) is 57.3 cm³/mol. The summed E-state index contributed by atoms with van der Waals surface area (Å²) in [6.07, 6.45) is 3.60. The number of phenols is 1. The standard InChI is InChI=1S/C11H13N3O/c12-11(8-14-7-1-6-13-14)9-2-4-10(15)5-3-9/h1-7,11,15H,8,12H2. The van der Waals surface area contributed by atoms with Crippen molar-refractivity contribution in [2.75, 3.05) is 0 Å². The molecule has 0 radical (unpaired) electrons. The highest BCUT2D eigenvalue weighted by atomic mass is 16.3. The zero-order valence-electron chi connectivity index (χ0n) is 8.24. The van der Waals surface area contributed by atoms with Crippen molar-refractivity contribution < 1.29 is 5.11 Å². The van der Waals surface area contributed by atoms with Crippen LogP contribution in [-0.4, -0.2) is 14.9 Å². The Bertz CT molecular complexity index is 408. The van der Waals surface area contributed by atoms with Gasteiger partial charge in [0, 0.05) is 18.4 Å². The summed E-state index contributed by atoms with van der Waals surface area (Å²) in [5, 5.41) is 13.2. The number of hydrogen-bond acceptors (Lipinski definition) is 3. The Balaban J connectivity index is 2.08. The Kier molecular flexibility index (Phi) is 2.69. The lowest BCUT2D eigenvalue weighted by Gasteiger charge is -2.11. The molecule has 0 fully saturated rings. The number of rotatable bonds is 3. The zero-order valence-corrected chi connectivity index (χ0v) is 8.24. The van der Waals surface area contributed by atoms with Crippen LogP contribution < -0.4 is 5.73 Å². The third-order valence-electron chi connectivity index (χ3n) is 2.26. The number of benzene rings is 1. The van der Waals surface area contributed by atoms with Crippen LogP contribution in [0.4, 0.5) is 0 Å². The van der Waals surface area contributed by atoms with Crippen LogP contribution >= 0.6 is 0 Å². The Hall–Kier alpha value is -1.81. The Morgan fingerprint density at radius 2 is 2.07 bits per heavy atom. The highest BCUT2D eigenvalue weighted by molar-refractivity contribution is 5.27. The number of aromatic hydroxyl groups is 1. The molecule has 0 saturated carbocycles. The molecule has 0 bridgehead atoms. The van der Waals surface area contributed by atoms with Gasteiger partial charge in [-0.1, -0.05) is 12.1 Å². The molecule has 3 N–H and O–H groups in total. The Labute approximate surface area is 88.0 Å². The molecule has 1 aromatic carbocycles. The van der Waals surface area contributed by atoms with Crippen molar-refractivity contribution in [1.29, 1.82) is 0 Å². The lowest BCUT2D eigenvalue weighted by Crippen LogP contribution is -2.17. The average molecular weight is 203 g/mol. The Morgan fingerprint density at radius 1 is 1.33 bits per heavy atom. The van der Waals surface area contributed by atoms with Crippen molar-refractivity contribution in [2.24, 2.45) is 5.73 Å². The van der Waals surface area contributed by atoms with Crippen LogP contribution in [0.3, 0.4) is 0 Å². The van der Waals surface area contributed by atoms with Crippen LogP contribution in [0.5, 0.6) is 5.75 Å². The van der Waals surface area contributed by atoms with Crippen LogP contribution in [0, 0.1) is 0 Å². The van der Waals surface area contributed by atoms with E-state index in [4.69, 9.17) is 10.8 Å². The highest BCUT2D eigenvalue weighted by Gasteiger charge is 2.06. The van der Waals surface area contributed by atoms with Crippen LogP contribution in [0.1, 0.15) is 11.6 Å². The first-order valence-electron chi connectivity index (χ1n) is 4.77. The van der Waals surface area contributed by atoms with Gasteiger partial charge in [-0.25, -0.2) is 0 Å². The van der Waals surface area contributed by atoms with E-state index in [0.717, 1.165) is 5.56 Å². The molecule has 4 heteroatoms. The Morgan fingerprint density at radius 3 is 2.67 bits per heavy atom. The van der Waals surface area contributed by atoms with Gasteiger partial charge < -0.3 is 10.8 Å². The van der Waals surface area contributed by atoms with Crippen molar-refractivity contribution >= 4 is 0 Å². The van der Waals surface area contributed by atoms with Crippen LogP contribution in [0.2, 0.25) is 0 Å². The lowest BCUT2D eigenvalue weighted by molar-refractivity contribution is 0.474. The monoisotopic (exact) mass is 203 g/mol. The molecular formula is C11H13N3O. The summed E-state index contributed by atoms with van der Waals surface area (Å²) < 4.78 is 1.79. The molecular weight excluding hydrogens is 190 g/mol. The molecule has 2 aromatic rings. The number of phenolic OH excluding ortho intramolecular Hbond substituents is 1. The predicted octanol–water partition coefficient (Wildman–Crippen LogP) is 1.29. The minimum atomic E-state index is -0.106. The van der Waals surface area contributed by atoms with Crippen molar-refractivity contribution in [1.82, 2.24) is 9.78 Å². The second-order valence-corrected chi connectivity index (χ2v) is 3.43. The summed E-state index contributed by atoms with van der Waals surface area (Å²) in [5.74, 6) is 0.255. The molecule has 1 atom stereocenters. The third kappa shape index (κ3) is 2.35. The first kappa shape index (κ1) is 9.73. The van der Waals surface area contributed by atoms with Gasteiger partial charge in [0.05, 0.1) is 6.54 Å². The third-order valence-corrected chi connectivity index (χ3v) is 2.26. The normalized spacial score (nSPS) is 12.6. The fraction of sp³-hybridized carbons (Fsp3) is 0.182. The molecule has 1 heterocycles. The summed E-state index contributed by atoms with van der Waals surface area (Å²) in [5.41, 5.74) is 6.98. The van der Waals surface area contributed by atoms with E-state index in [1.54, 1.807) is 23.0 Å². The van der Waals surface area contributed by atoms with Crippen molar-refractivity contribution in [3.63, 3.8) is 0 Å². The number of nitrogens with zero attached hydrogens (tertiary/aromatic N) is 2. The highest BCUT2D eigenvalue weighted by Crippen LogP contribution is 2.16. The van der Waals surface area contributed by atoms with E-state index in [2.05, 4.69) is 5.10 Å². The fourth-order valence-corrected chi connectivity index (χ4v) is 1.44. The van der Waals surface area contributed by atoms with Gasteiger partial charge in [-0.15, -0.1) is 0 Å². The van der Waals surface area contributed by atoms with Gasteiger partial charge >= 0.3 is 0 Å². The number of aromatic nitrogens is 2. The van der Waals surface area contributed by atoms with Gasteiger partial charge in [0.15, 0.2) is 0 Å². The SMILES string of the molecule is NC(Cn1cccn1)c1ccc(O)cc1. The number of hydrogen-bond donors (Lipinski definition) is 2. The van der Waals surface area contributed by atoms with Crippen molar-refractivity contribution in [3.05, 3.63) is 48.3 Å².